The van der Waals surface area contributed by atoms with Crippen LogP contribution in [-0.4, -0.2) is 32.2 Å². The molecule has 0 amide bonds. The summed E-state index contributed by atoms with van der Waals surface area (Å²) in [5, 5.41) is 9.82. The first-order chi connectivity index (χ1) is 11.9. The molecule has 1 aromatic heterocycles. The maximum atomic E-state index is 12.2. The average Bonchev–Trinajstić information content (AvgIpc) is 2.57. The van der Waals surface area contributed by atoms with Crippen LogP contribution in [0.5, 0.6) is 23.0 Å². The second-order valence-corrected chi connectivity index (χ2v) is 5.03. The van der Waals surface area contributed by atoms with Crippen LogP contribution in [-0.2, 0) is 0 Å². The summed E-state index contributed by atoms with van der Waals surface area (Å²) in [5.41, 5.74) is -0.794. The Morgan fingerprint density at radius 3 is 2.36 bits per heavy atom. The molecule has 1 aromatic carbocycles. The number of hydrogen-bond acceptors (Lipinski definition) is 7. The Morgan fingerprint density at radius 1 is 1.12 bits per heavy atom. The predicted octanol–water partition coefficient (Wildman–Crippen LogP) is 2.58. The lowest BCUT2D eigenvalue weighted by atomic mass is 10.1. The number of hydrogen-bond donors (Lipinski definition) is 1. The molecule has 25 heavy (non-hydrogen) atoms. The van der Waals surface area contributed by atoms with Crippen molar-refractivity contribution in [3.8, 4) is 23.0 Å². The minimum Gasteiger partial charge on any atom is -0.507 e. The number of ketones is 1. The Bertz CT molecular complexity index is 878. The molecule has 1 N–H and O–H groups in total. The normalized spacial score (nSPS) is 10.7. The van der Waals surface area contributed by atoms with E-state index in [1.165, 1.54) is 40.4 Å². The summed E-state index contributed by atoms with van der Waals surface area (Å²) in [4.78, 5) is 24.0. The van der Waals surface area contributed by atoms with Crippen LogP contribution in [0.2, 0.25) is 0 Å². The lowest BCUT2D eigenvalue weighted by Crippen LogP contribution is -2.13. The van der Waals surface area contributed by atoms with E-state index < -0.39 is 22.7 Å². The van der Waals surface area contributed by atoms with Gasteiger partial charge in [0.25, 0.3) is 0 Å². The molecule has 0 saturated carbocycles. The number of aromatic hydroxyl groups is 1. The molecule has 0 atom stereocenters. The molecule has 7 nitrogen and oxygen atoms in total. The highest BCUT2D eigenvalue weighted by Crippen LogP contribution is 2.40. The fourth-order valence-corrected chi connectivity index (χ4v) is 2.33. The molecule has 7 heteroatoms. The number of allylic oxidation sites excluding steroid dienone is 1. The molecule has 0 spiro atoms. The SMILES string of the molecule is COc1ccc(/C=C/C(=O)c2c(O)cc(C)oc2=O)c(OC)c1OC. The summed E-state index contributed by atoms with van der Waals surface area (Å²) in [7, 11) is 4.42. The molecule has 0 bridgehead atoms. The van der Waals surface area contributed by atoms with Gasteiger partial charge in [-0.3, -0.25) is 4.79 Å². The number of methoxy groups -OCH3 is 3. The third-order valence-corrected chi connectivity index (χ3v) is 3.45. The van der Waals surface area contributed by atoms with Gasteiger partial charge in [0.1, 0.15) is 17.1 Å². The average molecular weight is 346 g/mol. The third kappa shape index (κ3) is 3.65. The van der Waals surface area contributed by atoms with Crippen molar-refractivity contribution in [2.24, 2.45) is 0 Å². The lowest BCUT2D eigenvalue weighted by Gasteiger charge is -2.13. The van der Waals surface area contributed by atoms with Crippen LogP contribution in [0.3, 0.4) is 0 Å². The zero-order valence-electron chi connectivity index (χ0n) is 14.3. The second kappa shape index (κ2) is 7.57. The summed E-state index contributed by atoms with van der Waals surface area (Å²) in [6.07, 6.45) is 2.59. The molecule has 2 rings (SSSR count). The molecular weight excluding hydrogens is 328 g/mol. The fourth-order valence-electron chi connectivity index (χ4n) is 2.33. The quantitative estimate of drug-likeness (QED) is 0.634. The van der Waals surface area contributed by atoms with Gasteiger partial charge in [0, 0.05) is 11.6 Å². The number of ether oxygens (including phenoxy) is 3. The van der Waals surface area contributed by atoms with Crippen molar-refractivity contribution >= 4 is 11.9 Å². The first-order valence-electron chi connectivity index (χ1n) is 7.28. The van der Waals surface area contributed by atoms with E-state index in [-0.39, 0.29) is 5.76 Å². The monoisotopic (exact) mass is 346 g/mol. The molecule has 0 aliphatic carbocycles. The van der Waals surface area contributed by atoms with Crippen LogP contribution in [0.1, 0.15) is 21.7 Å². The van der Waals surface area contributed by atoms with E-state index >= 15 is 0 Å². The largest absolute Gasteiger partial charge is 0.507 e. The number of rotatable bonds is 6. The summed E-state index contributed by atoms with van der Waals surface area (Å²) >= 11 is 0. The van der Waals surface area contributed by atoms with Crippen LogP contribution in [0.4, 0.5) is 0 Å². The fraction of sp³-hybridized carbons (Fsp3) is 0.222. The minimum atomic E-state index is -0.897. The molecule has 1 heterocycles. The number of carbonyl (C=O) groups excluding carboxylic acids is 1. The lowest BCUT2D eigenvalue weighted by molar-refractivity contribution is 0.104. The Morgan fingerprint density at radius 2 is 1.80 bits per heavy atom. The zero-order valence-corrected chi connectivity index (χ0v) is 14.3. The number of aryl methyl sites for hydroxylation is 1. The van der Waals surface area contributed by atoms with Gasteiger partial charge in [-0.2, -0.15) is 0 Å². The van der Waals surface area contributed by atoms with Gasteiger partial charge in [-0.15, -0.1) is 0 Å². The predicted molar refractivity (Wildman–Crippen MR) is 90.8 cm³/mol. The molecule has 0 radical (unpaired) electrons. The second-order valence-electron chi connectivity index (χ2n) is 5.03. The zero-order chi connectivity index (χ0) is 18.6. The molecule has 0 aliphatic rings. The van der Waals surface area contributed by atoms with Crippen molar-refractivity contribution in [3.05, 3.63) is 51.6 Å². The van der Waals surface area contributed by atoms with Gasteiger partial charge >= 0.3 is 5.63 Å². The Hall–Kier alpha value is -3.22. The van der Waals surface area contributed by atoms with Gasteiger partial charge in [-0.1, -0.05) is 0 Å². The maximum Gasteiger partial charge on any atom is 0.351 e. The van der Waals surface area contributed by atoms with E-state index in [0.29, 0.717) is 22.8 Å². The topological polar surface area (TPSA) is 95.2 Å². The Labute approximate surface area is 144 Å². The summed E-state index contributed by atoms with van der Waals surface area (Å²) in [5.74, 6) is 0.304. The van der Waals surface area contributed by atoms with E-state index in [2.05, 4.69) is 0 Å². The summed E-state index contributed by atoms with van der Waals surface area (Å²) < 4.78 is 20.6. The highest BCUT2D eigenvalue weighted by atomic mass is 16.5. The third-order valence-electron chi connectivity index (χ3n) is 3.45. The van der Waals surface area contributed by atoms with E-state index in [1.54, 1.807) is 12.1 Å². The molecule has 0 fully saturated rings. The van der Waals surface area contributed by atoms with Crippen molar-refractivity contribution in [2.45, 2.75) is 6.92 Å². The Kier molecular flexibility index (Phi) is 5.49. The maximum absolute atomic E-state index is 12.2. The molecular formula is C18H18O7. The standard InChI is InChI=1S/C18H18O7/c1-10-9-13(20)15(18(21)25-10)12(19)7-5-11-6-8-14(22-2)17(24-4)16(11)23-3/h5-9,20H,1-4H3/b7-5+. The van der Waals surface area contributed by atoms with Crippen LogP contribution in [0.25, 0.3) is 6.08 Å². The highest BCUT2D eigenvalue weighted by molar-refractivity contribution is 6.08. The van der Waals surface area contributed by atoms with Gasteiger partial charge in [-0.05, 0) is 31.2 Å². The molecule has 0 aliphatic heterocycles. The van der Waals surface area contributed by atoms with Crippen LogP contribution in [0.15, 0.2) is 33.5 Å². The van der Waals surface area contributed by atoms with Crippen molar-refractivity contribution < 1.29 is 28.5 Å². The summed E-state index contributed by atoms with van der Waals surface area (Å²) in [6.45, 7) is 1.50. The van der Waals surface area contributed by atoms with Crippen LogP contribution < -0.4 is 19.8 Å². The molecule has 2 aromatic rings. The molecule has 132 valence electrons. The Balaban J connectivity index is 2.43. The van der Waals surface area contributed by atoms with E-state index in [9.17, 15) is 14.7 Å². The van der Waals surface area contributed by atoms with E-state index in [1.807, 2.05) is 0 Å². The van der Waals surface area contributed by atoms with Crippen molar-refractivity contribution in [2.75, 3.05) is 21.3 Å². The minimum absolute atomic E-state index is 0.213. The van der Waals surface area contributed by atoms with Crippen LogP contribution >= 0.6 is 0 Å². The van der Waals surface area contributed by atoms with Crippen molar-refractivity contribution in [3.63, 3.8) is 0 Å². The highest BCUT2D eigenvalue weighted by Gasteiger charge is 2.17. The first kappa shape index (κ1) is 18.1. The number of carbonyl (C=O) groups is 1. The van der Waals surface area contributed by atoms with Crippen molar-refractivity contribution in [1.29, 1.82) is 0 Å². The number of benzene rings is 1. The van der Waals surface area contributed by atoms with Gasteiger partial charge in [0.15, 0.2) is 17.3 Å². The molecule has 0 saturated heterocycles. The van der Waals surface area contributed by atoms with E-state index in [4.69, 9.17) is 18.6 Å². The van der Waals surface area contributed by atoms with Gasteiger partial charge in [0.2, 0.25) is 5.75 Å². The van der Waals surface area contributed by atoms with Gasteiger partial charge in [0.05, 0.1) is 21.3 Å². The van der Waals surface area contributed by atoms with Crippen LogP contribution in [0, 0.1) is 6.92 Å². The van der Waals surface area contributed by atoms with E-state index in [0.717, 1.165) is 6.08 Å². The van der Waals surface area contributed by atoms with Crippen molar-refractivity contribution in [1.82, 2.24) is 0 Å². The first-order valence-corrected chi connectivity index (χ1v) is 7.28. The molecule has 0 unspecified atom stereocenters. The summed E-state index contributed by atoms with van der Waals surface area (Å²) in [6, 6.07) is 4.53. The van der Waals surface area contributed by atoms with Gasteiger partial charge < -0.3 is 23.7 Å². The smallest absolute Gasteiger partial charge is 0.351 e. The van der Waals surface area contributed by atoms with Gasteiger partial charge in [-0.25, -0.2) is 4.79 Å².